The van der Waals surface area contributed by atoms with Crippen LogP contribution >= 0.6 is 23.2 Å². The number of nitrogens with one attached hydrogen (secondary N) is 2. The molecular formula is C13H14Cl2N2O3. The highest BCUT2D eigenvalue weighted by Gasteiger charge is 2.30. The topological polar surface area (TPSA) is 78.4 Å². The fourth-order valence-electron chi connectivity index (χ4n) is 2.20. The minimum absolute atomic E-state index is 0.0228. The number of carbonyl (C=O) groups is 2. The molecule has 7 heteroatoms. The summed E-state index contributed by atoms with van der Waals surface area (Å²) < 4.78 is 0. The molecule has 1 saturated heterocycles. The van der Waals surface area contributed by atoms with Gasteiger partial charge in [-0.05, 0) is 31.0 Å². The van der Waals surface area contributed by atoms with Crippen molar-refractivity contribution in [3.63, 3.8) is 0 Å². The average molecular weight is 317 g/mol. The Balaban J connectivity index is 2.21. The molecule has 0 spiro atoms. The lowest BCUT2D eigenvalue weighted by atomic mass is 10.0. The quantitative estimate of drug-likeness (QED) is 0.801. The van der Waals surface area contributed by atoms with Crippen LogP contribution in [0, 0.1) is 5.92 Å². The molecule has 2 unspecified atom stereocenters. The molecule has 1 heterocycles. The van der Waals surface area contributed by atoms with Gasteiger partial charge in [-0.25, -0.2) is 4.79 Å². The van der Waals surface area contributed by atoms with Crippen LogP contribution in [0.25, 0.3) is 0 Å². The first kappa shape index (κ1) is 15.1. The van der Waals surface area contributed by atoms with Gasteiger partial charge in [-0.15, -0.1) is 0 Å². The molecule has 1 aromatic carbocycles. The lowest BCUT2D eigenvalue weighted by Crippen LogP contribution is -2.39. The molecule has 1 aliphatic heterocycles. The number of carboxylic acids is 1. The fourth-order valence-corrected chi connectivity index (χ4v) is 2.78. The van der Waals surface area contributed by atoms with Crippen molar-refractivity contribution in [2.75, 3.05) is 11.9 Å². The van der Waals surface area contributed by atoms with Gasteiger partial charge in [0, 0.05) is 0 Å². The Kier molecular flexibility index (Phi) is 4.52. The molecule has 1 aliphatic rings. The lowest BCUT2D eigenvalue weighted by Gasteiger charge is -2.17. The molecule has 2 atom stereocenters. The number of carboxylic acid groups (broad SMARTS) is 1. The van der Waals surface area contributed by atoms with E-state index < -0.39 is 5.97 Å². The predicted molar refractivity (Wildman–Crippen MR) is 77.6 cm³/mol. The maximum atomic E-state index is 12.1. The van der Waals surface area contributed by atoms with Gasteiger partial charge >= 0.3 is 5.97 Å². The number of hydrogen-bond donors (Lipinski definition) is 3. The Morgan fingerprint density at radius 1 is 1.35 bits per heavy atom. The molecule has 108 valence electrons. The third-order valence-electron chi connectivity index (χ3n) is 3.35. The summed E-state index contributed by atoms with van der Waals surface area (Å²) in [6.07, 6.45) is 0.928. The number of anilines is 1. The van der Waals surface area contributed by atoms with E-state index in [-0.39, 0.29) is 39.2 Å². The third kappa shape index (κ3) is 3.06. The number of carbonyl (C=O) groups excluding carboxylic acids is 1. The van der Waals surface area contributed by atoms with Crippen LogP contribution in [0.5, 0.6) is 0 Å². The van der Waals surface area contributed by atoms with Gasteiger partial charge < -0.3 is 15.7 Å². The molecule has 20 heavy (non-hydrogen) atoms. The first-order valence-electron chi connectivity index (χ1n) is 6.16. The van der Waals surface area contributed by atoms with Gasteiger partial charge in [-0.1, -0.05) is 30.1 Å². The van der Waals surface area contributed by atoms with Crippen LogP contribution in [0.3, 0.4) is 0 Å². The summed E-state index contributed by atoms with van der Waals surface area (Å²) in [6, 6.07) is 2.23. The van der Waals surface area contributed by atoms with Crippen LogP contribution in [-0.2, 0) is 4.79 Å². The van der Waals surface area contributed by atoms with Crippen molar-refractivity contribution in [1.82, 2.24) is 5.32 Å². The molecule has 1 fully saturated rings. The molecule has 0 aliphatic carbocycles. The summed E-state index contributed by atoms with van der Waals surface area (Å²) in [5.41, 5.74) is 0.217. The summed E-state index contributed by atoms with van der Waals surface area (Å²) in [7, 11) is 0. The first-order valence-corrected chi connectivity index (χ1v) is 6.92. The fraction of sp³-hybridized carbons (Fsp3) is 0.385. The van der Waals surface area contributed by atoms with E-state index in [9.17, 15) is 9.59 Å². The van der Waals surface area contributed by atoms with E-state index in [0.29, 0.717) is 0 Å². The lowest BCUT2D eigenvalue weighted by molar-refractivity contribution is -0.118. The second kappa shape index (κ2) is 5.99. The number of benzene rings is 1. The second-order valence-corrected chi connectivity index (χ2v) is 5.62. The first-order chi connectivity index (χ1) is 9.40. The van der Waals surface area contributed by atoms with Crippen molar-refractivity contribution >= 4 is 40.8 Å². The Hall–Kier alpha value is -1.30. The average Bonchev–Trinajstić information content (AvgIpc) is 2.79. The summed E-state index contributed by atoms with van der Waals surface area (Å²) in [5, 5.41) is 14.9. The monoisotopic (exact) mass is 316 g/mol. The van der Waals surface area contributed by atoms with E-state index in [1.807, 2.05) is 6.92 Å². The van der Waals surface area contributed by atoms with Gasteiger partial charge in [0.1, 0.15) is 0 Å². The summed E-state index contributed by atoms with van der Waals surface area (Å²) in [5.74, 6) is -1.12. The van der Waals surface area contributed by atoms with E-state index in [1.54, 1.807) is 0 Å². The van der Waals surface area contributed by atoms with E-state index in [0.717, 1.165) is 13.0 Å². The Morgan fingerprint density at radius 2 is 1.95 bits per heavy atom. The Bertz CT molecular complexity index is 540. The van der Waals surface area contributed by atoms with Gasteiger partial charge in [-0.3, -0.25) is 4.79 Å². The van der Waals surface area contributed by atoms with Gasteiger partial charge in [0.2, 0.25) is 5.91 Å². The molecule has 1 amide bonds. The molecule has 0 saturated carbocycles. The van der Waals surface area contributed by atoms with E-state index in [2.05, 4.69) is 10.6 Å². The van der Waals surface area contributed by atoms with Crippen LogP contribution in [0.4, 0.5) is 5.69 Å². The zero-order chi connectivity index (χ0) is 14.9. The SMILES string of the molecule is CC1CCNC1C(=O)Nc1c(Cl)cc(C(=O)O)cc1Cl. The van der Waals surface area contributed by atoms with Gasteiger partial charge in [-0.2, -0.15) is 0 Å². The number of hydrogen-bond acceptors (Lipinski definition) is 3. The van der Waals surface area contributed by atoms with Gasteiger partial charge in [0.25, 0.3) is 0 Å². The molecule has 1 aromatic rings. The van der Waals surface area contributed by atoms with Crippen molar-refractivity contribution in [2.45, 2.75) is 19.4 Å². The standard InChI is InChI=1S/C13H14Cl2N2O3/c1-6-2-3-16-10(6)12(18)17-11-8(14)4-7(13(19)20)5-9(11)15/h4-6,10,16H,2-3H2,1H3,(H,17,18)(H,19,20). The molecule has 0 bridgehead atoms. The zero-order valence-electron chi connectivity index (χ0n) is 10.7. The molecule has 0 aromatic heterocycles. The largest absolute Gasteiger partial charge is 0.478 e. The molecule has 5 nitrogen and oxygen atoms in total. The number of halogens is 2. The maximum absolute atomic E-state index is 12.1. The van der Waals surface area contributed by atoms with Crippen LogP contribution in [-0.4, -0.2) is 29.6 Å². The summed E-state index contributed by atoms with van der Waals surface area (Å²) >= 11 is 12.0. The Morgan fingerprint density at radius 3 is 2.40 bits per heavy atom. The van der Waals surface area contributed by atoms with Crippen molar-refractivity contribution < 1.29 is 14.7 Å². The van der Waals surface area contributed by atoms with Crippen molar-refractivity contribution in [3.8, 4) is 0 Å². The molecule has 0 radical (unpaired) electrons. The smallest absolute Gasteiger partial charge is 0.335 e. The molecule has 2 rings (SSSR count). The third-order valence-corrected chi connectivity index (χ3v) is 3.95. The maximum Gasteiger partial charge on any atom is 0.335 e. The van der Waals surface area contributed by atoms with E-state index in [1.165, 1.54) is 12.1 Å². The zero-order valence-corrected chi connectivity index (χ0v) is 12.3. The Labute approximate surface area is 126 Å². The molecule has 3 N–H and O–H groups in total. The normalized spacial score (nSPS) is 21.8. The van der Waals surface area contributed by atoms with E-state index in [4.69, 9.17) is 28.3 Å². The highest BCUT2D eigenvalue weighted by Crippen LogP contribution is 2.32. The van der Waals surface area contributed by atoms with Crippen molar-refractivity contribution in [2.24, 2.45) is 5.92 Å². The number of amides is 1. The highest BCUT2D eigenvalue weighted by molar-refractivity contribution is 6.40. The highest BCUT2D eigenvalue weighted by atomic mass is 35.5. The minimum atomic E-state index is -1.13. The van der Waals surface area contributed by atoms with Crippen LogP contribution in [0.15, 0.2) is 12.1 Å². The van der Waals surface area contributed by atoms with E-state index >= 15 is 0 Å². The van der Waals surface area contributed by atoms with Crippen molar-refractivity contribution in [1.29, 1.82) is 0 Å². The summed E-state index contributed by atoms with van der Waals surface area (Å²) in [6.45, 7) is 2.78. The molecular weight excluding hydrogens is 303 g/mol. The minimum Gasteiger partial charge on any atom is -0.478 e. The van der Waals surface area contributed by atoms with Crippen LogP contribution < -0.4 is 10.6 Å². The van der Waals surface area contributed by atoms with Crippen LogP contribution in [0.2, 0.25) is 10.0 Å². The van der Waals surface area contributed by atoms with Gasteiger partial charge in [0.05, 0.1) is 27.3 Å². The number of rotatable bonds is 3. The predicted octanol–water partition coefficient (Wildman–Crippen LogP) is 2.63. The van der Waals surface area contributed by atoms with Crippen molar-refractivity contribution in [3.05, 3.63) is 27.7 Å². The van der Waals surface area contributed by atoms with Gasteiger partial charge in [0.15, 0.2) is 0 Å². The van der Waals surface area contributed by atoms with Crippen LogP contribution in [0.1, 0.15) is 23.7 Å². The number of aromatic carboxylic acids is 1. The second-order valence-electron chi connectivity index (χ2n) is 4.81. The summed E-state index contributed by atoms with van der Waals surface area (Å²) in [4.78, 5) is 23.0.